The first-order chi connectivity index (χ1) is 15.8. The lowest BCUT2D eigenvalue weighted by atomic mass is 10.0. The second-order valence-electron chi connectivity index (χ2n) is 8.37. The molecular formula is C20H33N7O7. The Kier molecular flexibility index (Phi) is 11.1. The van der Waals surface area contributed by atoms with Crippen molar-refractivity contribution in [2.45, 2.75) is 70.3 Å². The summed E-state index contributed by atoms with van der Waals surface area (Å²) in [6.07, 6.45) is 0.995. The maximum Gasteiger partial charge on any atom is 0.326 e. The van der Waals surface area contributed by atoms with Crippen molar-refractivity contribution in [3.63, 3.8) is 0 Å². The van der Waals surface area contributed by atoms with Crippen LogP contribution in [0.2, 0.25) is 0 Å². The molecule has 5 atom stereocenters. The normalized spacial score (nSPS) is 15.5. The van der Waals surface area contributed by atoms with E-state index in [1.807, 2.05) is 0 Å². The number of nitrogens with one attached hydrogen (secondary N) is 4. The molecule has 1 rings (SSSR count). The van der Waals surface area contributed by atoms with Crippen LogP contribution in [-0.2, 0) is 30.4 Å². The van der Waals surface area contributed by atoms with Crippen LogP contribution in [0, 0.1) is 5.92 Å². The molecule has 190 valence electrons. The van der Waals surface area contributed by atoms with E-state index in [0.717, 1.165) is 0 Å². The van der Waals surface area contributed by atoms with E-state index in [1.54, 1.807) is 13.8 Å². The van der Waals surface area contributed by atoms with Gasteiger partial charge in [0.1, 0.15) is 18.1 Å². The summed E-state index contributed by atoms with van der Waals surface area (Å²) in [4.78, 5) is 67.0. The number of nitrogens with two attached hydrogens (primary N) is 2. The van der Waals surface area contributed by atoms with Gasteiger partial charge in [0.2, 0.25) is 23.6 Å². The first-order valence-corrected chi connectivity index (χ1v) is 10.6. The molecule has 10 N–H and O–H groups in total. The van der Waals surface area contributed by atoms with E-state index in [-0.39, 0.29) is 18.8 Å². The highest BCUT2D eigenvalue weighted by Crippen LogP contribution is 2.08. The number of aromatic amines is 1. The predicted molar refractivity (Wildman–Crippen MR) is 119 cm³/mol. The summed E-state index contributed by atoms with van der Waals surface area (Å²) in [5.74, 6) is -4.70. The van der Waals surface area contributed by atoms with Gasteiger partial charge in [0, 0.05) is 18.3 Å². The fourth-order valence-corrected chi connectivity index (χ4v) is 3.03. The first-order valence-electron chi connectivity index (χ1n) is 10.6. The molecule has 0 saturated heterocycles. The molecule has 0 fully saturated rings. The molecular weight excluding hydrogens is 450 g/mol. The maximum atomic E-state index is 12.9. The van der Waals surface area contributed by atoms with Gasteiger partial charge in [-0.1, -0.05) is 13.8 Å². The van der Waals surface area contributed by atoms with Crippen LogP contribution < -0.4 is 27.4 Å². The number of hydrogen-bond donors (Lipinski definition) is 8. The number of nitrogens with zero attached hydrogens (tertiary/aromatic N) is 1. The van der Waals surface area contributed by atoms with Crippen molar-refractivity contribution < 1.29 is 34.2 Å². The number of H-pyrrole nitrogens is 1. The highest BCUT2D eigenvalue weighted by molar-refractivity contribution is 5.95. The molecule has 0 aliphatic rings. The molecule has 0 saturated carbocycles. The zero-order valence-electron chi connectivity index (χ0n) is 19.3. The van der Waals surface area contributed by atoms with Crippen LogP contribution in [0.1, 0.15) is 39.3 Å². The Balaban J connectivity index is 2.94. The van der Waals surface area contributed by atoms with Crippen LogP contribution in [0.3, 0.4) is 0 Å². The van der Waals surface area contributed by atoms with Crippen molar-refractivity contribution in [2.24, 2.45) is 17.4 Å². The SMILES string of the molecule is CC(C)CC(NC(=O)C(N)CC(N)=O)C(=O)NC(C(=O)NC(Cc1cnc[nH]1)C(=O)O)C(C)O. The molecule has 0 aromatic carbocycles. The lowest BCUT2D eigenvalue weighted by Crippen LogP contribution is -2.60. The molecule has 0 aliphatic heterocycles. The Bertz CT molecular complexity index is 857. The zero-order valence-corrected chi connectivity index (χ0v) is 19.3. The number of carboxylic acids is 1. The summed E-state index contributed by atoms with van der Waals surface area (Å²) < 4.78 is 0. The van der Waals surface area contributed by atoms with Gasteiger partial charge in [0.05, 0.1) is 24.9 Å². The molecule has 5 unspecified atom stereocenters. The number of aliphatic hydroxyl groups excluding tert-OH is 1. The van der Waals surface area contributed by atoms with E-state index in [1.165, 1.54) is 19.4 Å². The fraction of sp³-hybridized carbons (Fsp3) is 0.600. The minimum absolute atomic E-state index is 0.0620. The summed E-state index contributed by atoms with van der Waals surface area (Å²) in [6, 6.07) is -5.28. The van der Waals surface area contributed by atoms with Gasteiger partial charge in [-0.3, -0.25) is 19.2 Å². The Morgan fingerprint density at radius 1 is 1.03 bits per heavy atom. The number of carbonyl (C=O) groups is 5. The van der Waals surface area contributed by atoms with Crippen LogP contribution in [-0.4, -0.2) is 80.1 Å². The number of aromatic nitrogens is 2. The average molecular weight is 484 g/mol. The van der Waals surface area contributed by atoms with Crippen molar-refractivity contribution in [3.8, 4) is 0 Å². The third kappa shape index (κ3) is 9.54. The number of carbonyl (C=O) groups excluding carboxylic acids is 4. The van der Waals surface area contributed by atoms with E-state index < -0.39 is 66.3 Å². The Morgan fingerprint density at radius 2 is 1.65 bits per heavy atom. The summed E-state index contributed by atoms with van der Waals surface area (Å²) in [6.45, 7) is 4.83. The van der Waals surface area contributed by atoms with Crippen LogP contribution in [0.25, 0.3) is 0 Å². The first kappa shape index (κ1) is 28.5. The number of rotatable bonds is 14. The standard InChI is InChI=1S/C20H33N7O7/c1-9(2)4-13(25-17(30)12(21)6-15(22)29)18(31)27-16(10(3)28)19(32)26-14(20(33)34)5-11-7-23-8-24-11/h7-10,12-14,16,28H,4-6,21H2,1-3H3,(H2,22,29)(H,23,24)(H,25,30)(H,26,32)(H,27,31)(H,33,34). The number of aliphatic hydroxyl groups is 1. The van der Waals surface area contributed by atoms with Crippen LogP contribution in [0.5, 0.6) is 0 Å². The molecule has 4 amide bonds. The Hall–Kier alpha value is -3.52. The molecule has 34 heavy (non-hydrogen) atoms. The highest BCUT2D eigenvalue weighted by Gasteiger charge is 2.33. The van der Waals surface area contributed by atoms with Crippen LogP contribution in [0.4, 0.5) is 0 Å². The topological polar surface area (TPSA) is 243 Å². The van der Waals surface area contributed by atoms with E-state index in [0.29, 0.717) is 5.69 Å². The average Bonchev–Trinajstić information content (AvgIpc) is 3.22. The summed E-state index contributed by atoms with van der Waals surface area (Å²) in [7, 11) is 0. The predicted octanol–water partition coefficient (Wildman–Crippen LogP) is -2.88. The number of aliphatic carboxylic acids is 1. The van der Waals surface area contributed by atoms with Crippen LogP contribution >= 0.6 is 0 Å². The lowest BCUT2D eigenvalue weighted by molar-refractivity contribution is -0.143. The van der Waals surface area contributed by atoms with Crippen molar-refractivity contribution in [3.05, 3.63) is 18.2 Å². The van der Waals surface area contributed by atoms with E-state index in [2.05, 4.69) is 25.9 Å². The van der Waals surface area contributed by atoms with Gasteiger partial charge in [-0.25, -0.2) is 9.78 Å². The minimum Gasteiger partial charge on any atom is -0.480 e. The fourth-order valence-electron chi connectivity index (χ4n) is 3.03. The number of primary amides is 1. The van der Waals surface area contributed by atoms with Gasteiger partial charge >= 0.3 is 5.97 Å². The van der Waals surface area contributed by atoms with Gasteiger partial charge < -0.3 is 42.6 Å². The lowest BCUT2D eigenvalue weighted by Gasteiger charge is -2.27. The number of carboxylic acid groups (broad SMARTS) is 1. The number of hydrogen-bond acceptors (Lipinski definition) is 8. The van der Waals surface area contributed by atoms with Gasteiger partial charge in [-0.15, -0.1) is 0 Å². The zero-order chi connectivity index (χ0) is 26.0. The molecule has 1 heterocycles. The number of imidazole rings is 1. The molecule has 0 aliphatic carbocycles. The largest absolute Gasteiger partial charge is 0.480 e. The monoisotopic (exact) mass is 483 g/mol. The summed E-state index contributed by atoms with van der Waals surface area (Å²) >= 11 is 0. The van der Waals surface area contributed by atoms with Crippen molar-refractivity contribution in [2.75, 3.05) is 0 Å². The van der Waals surface area contributed by atoms with E-state index >= 15 is 0 Å². The van der Waals surface area contributed by atoms with Crippen LogP contribution in [0.15, 0.2) is 12.5 Å². The third-order valence-electron chi connectivity index (χ3n) is 4.75. The molecule has 1 aromatic heterocycles. The molecule has 0 bridgehead atoms. The molecule has 0 radical (unpaired) electrons. The quantitative estimate of drug-likeness (QED) is 0.135. The minimum atomic E-state index is -1.51. The highest BCUT2D eigenvalue weighted by atomic mass is 16.4. The van der Waals surface area contributed by atoms with Crippen molar-refractivity contribution in [1.82, 2.24) is 25.9 Å². The second kappa shape index (κ2) is 13.3. The molecule has 14 heteroatoms. The third-order valence-corrected chi connectivity index (χ3v) is 4.75. The number of amides is 4. The summed E-state index contributed by atoms with van der Waals surface area (Å²) in [5, 5.41) is 26.6. The molecule has 1 aromatic rings. The summed E-state index contributed by atoms with van der Waals surface area (Å²) in [5.41, 5.74) is 11.1. The Morgan fingerprint density at radius 3 is 2.12 bits per heavy atom. The molecule has 14 nitrogen and oxygen atoms in total. The van der Waals surface area contributed by atoms with Gasteiger partial charge in [-0.2, -0.15) is 0 Å². The molecule has 0 spiro atoms. The Labute approximate surface area is 196 Å². The van der Waals surface area contributed by atoms with E-state index in [4.69, 9.17) is 11.5 Å². The maximum absolute atomic E-state index is 12.9. The second-order valence-corrected chi connectivity index (χ2v) is 8.37. The van der Waals surface area contributed by atoms with Gasteiger partial charge in [0.15, 0.2) is 0 Å². The van der Waals surface area contributed by atoms with Gasteiger partial charge in [0.25, 0.3) is 0 Å². The van der Waals surface area contributed by atoms with Crippen molar-refractivity contribution in [1.29, 1.82) is 0 Å². The van der Waals surface area contributed by atoms with Crippen molar-refractivity contribution >= 4 is 29.6 Å². The van der Waals surface area contributed by atoms with Gasteiger partial charge in [-0.05, 0) is 19.3 Å². The smallest absolute Gasteiger partial charge is 0.326 e. The van der Waals surface area contributed by atoms with E-state index in [9.17, 15) is 34.2 Å².